The van der Waals surface area contributed by atoms with Crippen molar-refractivity contribution in [1.82, 2.24) is 10.1 Å². The van der Waals surface area contributed by atoms with Gasteiger partial charge in [0.2, 0.25) is 5.76 Å². The lowest BCUT2D eigenvalue weighted by Crippen LogP contribution is -2.12. The Morgan fingerprint density at radius 3 is 2.71 bits per heavy atom. The van der Waals surface area contributed by atoms with Crippen LogP contribution in [0.2, 0.25) is 0 Å². The first kappa shape index (κ1) is 11.8. The third kappa shape index (κ3) is 2.52. The van der Waals surface area contributed by atoms with Crippen LogP contribution in [0.1, 0.15) is 21.7 Å². The molecule has 0 aliphatic heterocycles. The van der Waals surface area contributed by atoms with Gasteiger partial charge in [0.25, 0.3) is 5.91 Å². The van der Waals surface area contributed by atoms with Gasteiger partial charge in [-0.25, -0.2) is 4.98 Å². The van der Waals surface area contributed by atoms with E-state index < -0.39 is 0 Å². The van der Waals surface area contributed by atoms with Crippen LogP contribution < -0.4 is 5.32 Å². The summed E-state index contributed by atoms with van der Waals surface area (Å²) < 4.78 is 5.62. The van der Waals surface area contributed by atoms with Crippen molar-refractivity contribution in [3.8, 4) is 0 Å². The Kier molecular flexibility index (Phi) is 3.23. The van der Waals surface area contributed by atoms with E-state index in [0.29, 0.717) is 11.3 Å². The fourth-order valence-corrected chi connectivity index (χ4v) is 1.54. The Morgan fingerprint density at radius 1 is 1.35 bits per heavy atom. The van der Waals surface area contributed by atoms with E-state index in [1.54, 1.807) is 13.1 Å². The molecule has 1 N–H and O–H groups in total. The first-order valence-electron chi connectivity index (χ1n) is 4.92. The summed E-state index contributed by atoms with van der Waals surface area (Å²) in [7, 11) is 0. The minimum atomic E-state index is -0.330. The average molecular weight is 296 g/mol. The van der Waals surface area contributed by atoms with Gasteiger partial charge in [0, 0.05) is 5.56 Å². The van der Waals surface area contributed by atoms with Crippen molar-refractivity contribution in [3.05, 3.63) is 40.0 Å². The summed E-state index contributed by atoms with van der Waals surface area (Å²) in [5.41, 5.74) is 2.26. The Labute approximate surface area is 106 Å². The molecular weight excluding hydrogens is 286 g/mol. The predicted octanol–water partition coefficient (Wildman–Crippen LogP) is 2.70. The van der Waals surface area contributed by atoms with Crippen LogP contribution in [0.4, 0.5) is 5.69 Å². The Hall–Kier alpha value is -1.69. The summed E-state index contributed by atoms with van der Waals surface area (Å²) >= 11 is 3.29. The smallest absolute Gasteiger partial charge is 0.294 e. The van der Waals surface area contributed by atoms with Crippen molar-refractivity contribution in [2.75, 3.05) is 5.32 Å². The molecule has 17 heavy (non-hydrogen) atoms. The molecule has 5 nitrogen and oxygen atoms in total. The number of amides is 1. The molecule has 1 amide bonds. The summed E-state index contributed by atoms with van der Waals surface area (Å²) in [6, 6.07) is 1.82. The molecule has 2 heterocycles. The van der Waals surface area contributed by atoms with Gasteiger partial charge in [-0.05, 0) is 41.4 Å². The summed E-state index contributed by atoms with van der Waals surface area (Å²) in [6.45, 7) is 3.66. The van der Waals surface area contributed by atoms with Crippen LogP contribution in [0.15, 0.2) is 27.6 Å². The second kappa shape index (κ2) is 4.67. The molecule has 0 atom stereocenters. The van der Waals surface area contributed by atoms with Crippen molar-refractivity contribution in [3.63, 3.8) is 0 Å². The molecule has 0 bridgehead atoms. The number of rotatable bonds is 2. The highest BCUT2D eigenvalue weighted by molar-refractivity contribution is 9.10. The maximum absolute atomic E-state index is 11.8. The Balaban J connectivity index is 2.19. The maximum atomic E-state index is 11.8. The number of aromatic nitrogens is 2. The SMILES string of the molecule is Cc1cc(NC(=O)c2oncc2C)cnc1Br. The molecule has 2 aromatic heterocycles. The molecule has 0 fully saturated rings. The van der Waals surface area contributed by atoms with Gasteiger partial charge in [-0.1, -0.05) is 5.16 Å². The van der Waals surface area contributed by atoms with Crippen molar-refractivity contribution in [1.29, 1.82) is 0 Å². The van der Waals surface area contributed by atoms with Gasteiger partial charge in [0.1, 0.15) is 4.60 Å². The number of carbonyl (C=O) groups is 1. The van der Waals surface area contributed by atoms with Crippen LogP contribution >= 0.6 is 15.9 Å². The molecule has 0 radical (unpaired) electrons. The fourth-order valence-electron chi connectivity index (χ4n) is 1.32. The number of anilines is 1. The van der Waals surface area contributed by atoms with E-state index in [1.165, 1.54) is 6.20 Å². The van der Waals surface area contributed by atoms with Crippen LogP contribution in [-0.4, -0.2) is 16.0 Å². The largest absolute Gasteiger partial charge is 0.351 e. The number of halogens is 1. The van der Waals surface area contributed by atoms with Crippen LogP contribution in [-0.2, 0) is 0 Å². The van der Waals surface area contributed by atoms with E-state index >= 15 is 0 Å². The zero-order valence-electron chi connectivity index (χ0n) is 9.32. The van der Waals surface area contributed by atoms with Gasteiger partial charge in [-0.2, -0.15) is 0 Å². The Morgan fingerprint density at radius 2 is 2.12 bits per heavy atom. The highest BCUT2D eigenvalue weighted by atomic mass is 79.9. The number of hydrogen-bond donors (Lipinski definition) is 1. The summed E-state index contributed by atoms with van der Waals surface area (Å²) in [6.07, 6.45) is 3.07. The van der Waals surface area contributed by atoms with Gasteiger partial charge in [0.15, 0.2) is 0 Å². The van der Waals surface area contributed by atoms with Crippen molar-refractivity contribution < 1.29 is 9.32 Å². The van der Waals surface area contributed by atoms with Crippen LogP contribution in [0.25, 0.3) is 0 Å². The van der Waals surface area contributed by atoms with Crippen molar-refractivity contribution in [2.24, 2.45) is 0 Å². The lowest BCUT2D eigenvalue weighted by Gasteiger charge is -2.04. The van der Waals surface area contributed by atoms with Crippen molar-refractivity contribution >= 4 is 27.5 Å². The van der Waals surface area contributed by atoms with Crippen LogP contribution in [0.3, 0.4) is 0 Å². The minimum absolute atomic E-state index is 0.213. The molecule has 2 rings (SSSR count). The van der Waals surface area contributed by atoms with Gasteiger partial charge in [0.05, 0.1) is 18.1 Å². The van der Waals surface area contributed by atoms with Gasteiger partial charge in [-0.15, -0.1) is 0 Å². The molecule has 0 spiro atoms. The zero-order chi connectivity index (χ0) is 12.4. The lowest BCUT2D eigenvalue weighted by molar-refractivity contribution is 0.0987. The first-order chi connectivity index (χ1) is 8.08. The normalized spacial score (nSPS) is 10.3. The Bertz CT molecular complexity index is 566. The molecule has 88 valence electrons. The van der Waals surface area contributed by atoms with Crippen LogP contribution in [0, 0.1) is 13.8 Å². The van der Waals surface area contributed by atoms with Gasteiger partial charge >= 0.3 is 0 Å². The standard InChI is InChI=1S/C11H10BrN3O2/c1-6-3-8(5-13-10(6)12)15-11(16)9-7(2)4-14-17-9/h3-5H,1-2H3,(H,15,16). The third-order valence-corrected chi connectivity index (χ3v) is 3.06. The first-order valence-corrected chi connectivity index (χ1v) is 5.72. The number of nitrogens with one attached hydrogen (secondary N) is 1. The van der Waals surface area contributed by atoms with E-state index in [-0.39, 0.29) is 11.7 Å². The second-order valence-corrected chi connectivity index (χ2v) is 4.37. The number of nitrogens with zero attached hydrogens (tertiary/aromatic N) is 2. The second-order valence-electron chi connectivity index (χ2n) is 3.62. The average Bonchev–Trinajstić information content (AvgIpc) is 2.70. The van der Waals surface area contributed by atoms with Gasteiger partial charge in [-0.3, -0.25) is 4.79 Å². The zero-order valence-corrected chi connectivity index (χ0v) is 10.9. The van der Waals surface area contributed by atoms with E-state index in [9.17, 15) is 4.79 Å². The number of hydrogen-bond acceptors (Lipinski definition) is 4. The molecule has 0 unspecified atom stereocenters. The van der Waals surface area contributed by atoms with Gasteiger partial charge < -0.3 is 9.84 Å². The summed E-state index contributed by atoms with van der Waals surface area (Å²) in [4.78, 5) is 15.9. The molecular formula is C11H10BrN3O2. The molecule has 0 aromatic carbocycles. The summed E-state index contributed by atoms with van der Waals surface area (Å²) in [5.74, 6) is -0.117. The third-order valence-electron chi connectivity index (χ3n) is 2.23. The highest BCUT2D eigenvalue weighted by Crippen LogP contribution is 2.17. The lowest BCUT2D eigenvalue weighted by atomic mass is 10.2. The molecule has 0 saturated heterocycles. The fraction of sp³-hybridized carbons (Fsp3) is 0.182. The molecule has 0 saturated carbocycles. The van der Waals surface area contributed by atoms with Crippen molar-refractivity contribution in [2.45, 2.75) is 13.8 Å². The molecule has 6 heteroatoms. The predicted molar refractivity (Wildman–Crippen MR) is 65.9 cm³/mol. The monoisotopic (exact) mass is 295 g/mol. The van der Waals surface area contributed by atoms with E-state index in [4.69, 9.17) is 4.52 Å². The van der Waals surface area contributed by atoms with E-state index in [0.717, 1.165) is 10.2 Å². The quantitative estimate of drug-likeness (QED) is 0.865. The maximum Gasteiger partial charge on any atom is 0.294 e. The molecule has 0 aliphatic carbocycles. The number of pyridine rings is 1. The number of carbonyl (C=O) groups excluding carboxylic acids is 1. The molecule has 0 aliphatic rings. The molecule has 2 aromatic rings. The van der Waals surface area contributed by atoms with E-state index in [1.807, 2.05) is 13.0 Å². The van der Waals surface area contributed by atoms with E-state index in [2.05, 4.69) is 31.4 Å². The minimum Gasteiger partial charge on any atom is -0.351 e. The topological polar surface area (TPSA) is 68.0 Å². The van der Waals surface area contributed by atoms with Crippen LogP contribution in [0.5, 0.6) is 0 Å². The summed E-state index contributed by atoms with van der Waals surface area (Å²) in [5, 5.41) is 6.25. The highest BCUT2D eigenvalue weighted by Gasteiger charge is 2.14. The number of aryl methyl sites for hydroxylation is 2.